The lowest BCUT2D eigenvalue weighted by molar-refractivity contribution is -0.129. The van der Waals surface area contributed by atoms with Gasteiger partial charge in [0, 0.05) is 6.42 Å². The van der Waals surface area contributed by atoms with Gasteiger partial charge in [-0.1, -0.05) is 96.8 Å². The standard InChI is InChI=1S/C20H40N2O2/c1-2-3-4-5-6-7-8-9-10-11-12-13-14-15-16-17-19(23)22-20(24)18-21/h2-18,21H2,1H3,(H,22,23,24). The van der Waals surface area contributed by atoms with Crippen LogP contribution in [-0.4, -0.2) is 18.4 Å². The highest BCUT2D eigenvalue weighted by molar-refractivity contribution is 5.95. The van der Waals surface area contributed by atoms with Gasteiger partial charge in [0.2, 0.25) is 11.8 Å². The largest absolute Gasteiger partial charge is 0.322 e. The number of carbonyl (C=O) groups is 2. The molecule has 4 nitrogen and oxygen atoms in total. The molecule has 0 aromatic heterocycles. The molecule has 0 atom stereocenters. The lowest BCUT2D eigenvalue weighted by Gasteiger charge is -2.04. The average Bonchev–Trinajstić information content (AvgIpc) is 2.58. The van der Waals surface area contributed by atoms with E-state index in [1.54, 1.807) is 0 Å². The highest BCUT2D eigenvalue weighted by atomic mass is 16.2. The second kappa shape index (κ2) is 18.4. The van der Waals surface area contributed by atoms with Crippen molar-refractivity contribution in [3.05, 3.63) is 0 Å². The van der Waals surface area contributed by atoms with Crippen LogP contribution in [0, 0.1) is 0 Å². The molecule has 0 spiro atoms. The highest BCUT2D eigenvalue weighted by Gasteiger charge is 2.04. The Kier molecular flexibility index (Phi) is 17.7. The lowest BCUT2D eigenvalue weighted by atomic mass is 10.0. The molecule has 0 rings (SSSR count). The minimum atomic E-state index is -0.388. The first-order chi connectivity index (χ1) is 11.7. The molecular formula is C20H40N2O2. The molecular weight excluding hydrogens is 300 g/mol. The minimum Gasteiger partial charge on any atom is -0.322 e. The fraction of sp³-hybridized carbons (Fsp3) is 0.900. The number of amides is 2. The molecule has 0 aliphatic rings. The van der Waals surface area contributed by atoms with E-state index in [1.807, 2.05) is 0 Å². The molecule has 0 fully saturated rings. The topological polar surface area (TPSA) is 72.2 Å². The molecule has 0 saturated heterocycles. The average molecular weight is 341 g/mol. The Morgan fingerprint density at radius 1 is 0.625 bits per heavy atom. The summed E-state index contributed by atoms with van der Waals surface area (Å²) in [7, 11) is 0. The molecule has 0 aliphatic carbocycles. The third kappa shape index (κ3) is 17.5. The van der Waals surface area contributed by atoms with Gasteiger partial charge in [-0.25, -0.2) is 0 Å². The molecule has 4 heteroatoms. The van der Waals surface area contributed by atoms with Gasteiger partial charge in [-0.2, -0.15) is 0 Å². The number of nitrogens with one attached hydrogen (secondary N) is 1. The van der Waals surface area contributed by atoms with Crippen LogP contribution < -0.4 is 11.1 Å². The first kappa shape index (κ1) is 23.1. The van der Waals surface area contributed by atoms with Crippen molar-refractivity contribution in [2.75, 3.05) is 6.54 Å². The van der Waals surface area contributed by atoms with E-state index in [9.17, 15) is 9.59 Å². The van der Waals surface area contributed by atoms with Gasteiger partial charge >= 0.3 is 0 Å². The van der Waals surface area contributed by atoms with E-state index < -0.39 is 0 Å². The Bertz CT molecular complexity index is 306. The second-order valence-corrected chi connectivity index (χ2v) is 6.88. The van der Waals surface area contributed by atoms with Crippen molar-refractivity contribution in [2.24, 2.45) is 5.73 Å². The summed E-state index contributed by atoms with van der Waals surface area (Å²) in [6, 6.07) is 0. The predicted octanol–water partition coefficient (Wildman–Crippen LogP) is 4.85. The van der Waals surface area contributed by atoms with Crippen molar-refractivity contribution in [3.63, 3.8) is 0 Å². The van der Waals surface area contributed by atoms with Gasteiger partial charge in [0.05, 0.1) is 6.54 Å². The van der Waals surface area contributed by atoms with E-state index in [0.29, 0.717) is 6.42 Å². The minimum absolute atomic E-state index is 0.120. The maximum absolute atomic E-state index is 11.4. The molecule has 24 heavy (non-hydrogen) atoms. The number of carbonyl (C=O) groups excluding carboxylic acids is 2. The fourth-order valence-corrected chi connectivity index (χ4v) is 2.93. The third-order valence-corrected chi connectivity index (χ3v) is 4.47. The molecule has 142 valence electrons. The quantitative estimate of drug-likeness (QED) is 0.372. The zero-order chi connectivity index (χ0) is 17.9. The summed E-state index contributed by atoms with van der Waals surface area (Å²) in [4.78, 5) is 22.3. The normalized spacial score (nSPS) is 10.8. The van der Waals surface area contributed by atoms with Crippen LogP contribution in [0.1, 0.15) is 110 Å². The summed E-state index contributed by atoms with van der Waals surface area (Å²) < 4.78 is 0. The van der Waals surface area contributed by atoms with Crippen molar-refractivity contribution in [1.29, 1.82) is 0 Å². The van der Waals surface area contributed by atoms with Gasteiger partial charge in [-0.15, -0.1) is 0 Å². The molecule has 3 N–H and O–H groups in total. The zero-order valence-corrected chi connectivity index (χ0v) is 15.9. The van der Waals surface area contributed by atoms with Crippen molar-refractivity contribution >= 4 is 11.8 Å². The maximum Gasteiger partial charge on any atom is 0.240 e. The molecule has 0 saturated carbocycles. The molecule has 2 amide bonds. The monoisotopic (exact) mass is 340 g/mol. The summed E-state index contributed by atoms with van der Waals surface area (Å²) in [5.74, 6) is -0.582. The number of hydrogen-bond donors (Lipinski definition) is 2. The van der Waals surface area contributed by atoms with Gasteiger partial charge in [0.25, 0.3) is 0 Å². The van der Waals surface area contributed by atoms with Crippen LogP contribution in [0.3, 0.4) is 0 Å². The van der Waals surface area contributed by atoms with Gasteiger partial charge in [0.15, 0.2) is 0 Å². The van der Waals surface area contributed by atoms with Crippen LogP contribution in [0.2, 0.25) is 0 Å². The Morgan fingerprint density at radius 3 is 1.38 bits per heavy atom. The Hall–Kier alpha value is -0.900. The van der Waals surface area contributed by atoms with E-state index in [0.717, 1.165) is 12.8 Å². The van der Waals surface area contributed by atoms with E-state index in [-0.39, 0.29) is 18.4 Å². The van der Waals surface area contributed by atoms with Crippen molar-refractivity contribution in [2.45, 2.75) is 110 Å². The molecule has 0 heterocycles. The van der Waals surface area contributed by atoms with Crippen LogP contribution in [0.5, 0.6) is 0 Å². The van der Waals surface area contributed by atoms with E-state index >= 15 is 0 Å². The van der Waals surface area contributed by atoms with Crippen LogP contribution in [0.15, 0.2) is 0 Å². The van der Waals surface area contributed by atoms with Crippen LogP contribution in [-0.2, 0) is 9.59 Å². The smallest absolute Gasteiger partial charge is 0.240 e. The number of rotatable bonds is 17. The van der Waals surface area contributed by atoms with Gasteiger partial charge in [-0.3, -0.25) is 14.9 Å². The van der Waals surface area contributed by atoms with Gasteiger partial charge in [-0.05, 0) is 6.42 Å². The summed E-state index contributed by atoms with van der Waals surface area (Å²) in [5, 5.41) is 2.28. The summed E-state index contributed by atoms with van der Waals surface area (Å²) >= 11 is 0. The molecule has 0 bridgehead atoms. The fourth-order valence-electron chi connectivity index (χ4n) is 2.93. The summed E-state index contributed by atoms with van der Waals surface area (Å²) in [5.41, 5.74) is 5.14. The lowest BCUT2D eigenvalue weighted by Crippen LogP contribution is -2.35. The third-order valence-electron chi connectivity index (χ3n) is 4.47. The first-order valence-corrected chi connectivity index (χ1v) is 10.2. The molecule has 0 aromatic rings. The molecule has 0 aromatic carbocycles. The summed E-state index contributed by atoms with van der Waals surface area (Å²) in [6.07, 6.45) is 20.1. The maximum atomic E-state index is 11.4. The SMILES string of the molecule is CCCCCCCCCCCCCCCCCC(=O)NC(=O)CN. The predicted molar refractivity (Wildman–Crippen MR) is 102 cm³/mol. The molecule has 0 radical (unpaired) electrons. The number of nitrogens with two attached hydrogens (primary N) is 1. The Labute approximate surface area is 149 Å². The van der Waals surface area contributed by atoms with Crippen molar-refractivity contribution in [1.82, 2.24) is 5.32 Å². The van der Waals surface area contributed by atoms with Crippen LogP contribution in [0.4, 0.5) is 0 Å². The van der Waals surface area contributed by atoms with Crippen molar-refractivity contribution < 1.29 is 9.59 Å². The zero-order valence-electron chi connectivity index (χ0n) is 15.9. The number of unbranched alkanes of at least 4 members (excludes halogenated alkanes) is 14. The van der Waals surface area contributed by atoms with E-state index in [2.05, 4.69) is 12.2 Å². The Morgan fingerprint density at radius 2 is 1.00 bits per heavy atom. The van der Waals surface area contributed by atoms with Gasteiger partial charge in [0.1, 0.15) is 0 Å². The second-order valence-electron chi connectivity index (χ2n) is 6.88. The number of imide groups is 1. The molecule has 0 aliphatic heterocycles. The Balaban J connectivity index is 3.12. The van der Waals surface area contributed by atoms with Crippen molar-refractivity contribution in [3.8, 4) is 0 Å². The molecule has 0 unspecified atom stereocenters. The van der Waals surface area contributed by atoms with Crippen LogP contribution in [0.25, 0.3) is 0 Å². The van der Waals surface area contributed by atoms with E-state index in [1.165, 1.54) is 83.5 Å². The summed E-state index contributed by atoms with van der Waals surface area (Å²) in [6.45, 7) is 2.15. The van der Waals surface area contributed by atoms with Crippen LogP contribution >= 0.6 is 0 Å². The van der Waals surface area contributed by atoms with E-state index in [4.69, 9.17) is 5.73 Å². The number of hydrogen-bond acceptors (Lipinski definition) is 3. The first-order valence-electron chi connectivity index (χ1n) is 10.2. The van der Waals surface area contributed by atoms with Gasteiger partial charge < -0.3 is 5.73 Å². The highest BCUT2D eigenvalue weighted by Crippen LogP contribution is 2.13.